The summed E-state index contributed by atoms with van der Waals surface area (Å²) in [6.07, 6.45) is 2.17. The van der Waals surface area contributed by atoms with Crippen molar-refractivity contribution in [2.24, 2.45) is 0 Å². The molecule has 0 amide bonds. The maximum Gasteiger partial charge on any atom is 0.119 e. The molecule has 2 aromatic rings. The largest absolute Gasteiger partial charge is 0.497 e. The Labute approximate surface area is 101 Å². The Bertz CT molecular complexity index is 544. The van der Waals surface area contributed by atoms with Gasteiger partial charge in [-0.3, -0.25) is 0 Å². The van der Waals surface area contributed by atoms with Crippen LogP contribution in [0.3, 0.4) is 0 Å². The van der Waals surface area contributed by atoms with Crippen LogP contribution in [0.15, 0.2) is 18.2 Å². The second kappa shape index (κ2) is 4.08. The van der Waals surface area contributed by atoms with Crippen LogP contribution in [0.25, 0.3) is 10.9 Å². The van der Waals surface area contributed by atoms with Crippen molar-refractivity contribution in [1.82, 2.24) is 10.3 Å². The van der Waals surface area contributed by atoms with E-state index in [0.29, 0.717) is 6.04 Å². The van der Waals surface area contributed by atoms with E-state index in [4.69, 9.17) is 4.74 Å². The van der Waals surface area contributed by atoms with E-state index in [1.54, 1.807) is 7.11 Å². The summed E-state index contributed by atoms with van der Waals surface area (Å²) in [6, 6.07) is 6.81. The fourth-order valence-corrected chi connectivity index (χ4v) is 2.69. The molecule has 3 heteroatoms. The molecule has 17 heavy (non-hydrogen) atoms. The second-order valence-electron chi connectivity index (χ2n) is 4.80. The molecule has 1 aromatic carbocycles. The molecule has 0 fully saturated rings. The van der Waals surface area contributed by atoms with Gasteiger partial charge in [-0.1, -0.05) is 0 Å². The first-order valence-electron chi connectivity index (χ1n) is 6.19. The van der Waals surface area contributed by atoms with Gasteiger partial charge in [0.15, 0.2) is 0 Å². The smallest absolute Gasteiger partial charge is 0.119 e. The summed E-state index contributed by atoms with van der Waals surface area (Å²) in [5, 5.41) is 4.83. The standard InChI is InChI=1S/C14H18N2O/c1-9-7-14-11(5-6-15-9)12-8-10(17-2)3-4-13(12)16-14/h3-4,8-9,15-16H,5-7H2,1-2H3. The van der Waals surface area contributed by atoms with Crippen LogP contribution < -0.4 is 10.1 Å². The highest BCUT2D eigenvalue weighted by atomic mass is 16.5. The lowest BCUT2D eigenvalue weighted by Crippen LogP contribution is -2.27. The van der Waals surface area contributed by atoms with E-state index in [-0.39, 0.29) is 0 Å². The van der Waals surface area contributed by atoms with Crippen LogP contribution in [-0.2, 0) is 12.8 Å². The Kier molecular flexibility index (Phi) is 2.56. The van der Waals surface area contributed by atoms with Crippen molar-refractivity contribution in [3.8, 4) is 5.75 Å². The van der Waals surface area contributed by atoms with Crippen molar-refractivity contribution in [2.45, 2.75) is 25.8 Å². The Morgan fingerprint density at radius 3 is 3.06 bits per heavy atom. The second-order valence-corrected chi connectivity index (χ2v) is 4.80. The first-order chi connectivity index (χ1) is 8.28. The topological polar surface area (TPSA) is 37.0 Å². The molecule has 0 bridgehead atoms. The van der Waals surface area contributed by atoms with Gasteiger partial charge in [0.2, 0.25) is 0 Å². The maximum atomic E-state index is 5.31. The Morgan fingerprint density at radius 1 is 1.35 bits per heavy atom. The molecule has 3 nitrogen and oxygen atoms in total. The van der Waals surface area contributed by atoms with Crippen molar-refractivity contribution in [3.05, 3.63) is 29.5 Å². The number of aromatic amines is 1. The summed E-state index contributed by atoms with van der Waals surface area (Å²) in [4.78, 5) is 3.54. The quantitative estimate of drug-likeness (QED) is 0.788. The highest BCUT2D eigenvalue weighted by Crippen LogP contribution is 2.28. The van der Waals surface area contributed by atoms with Crippen LogP contribution >= 0.6 is 0 Å². The zero-order valence-corrected chi connectivity index (χ0v) is 10.3. The molecule has 1 aromatic heterocycles. The molecule has 0 saturated carbocycles. The van der Waals surface area contributed by atoms with Crippen molar-refractivity contribution in [2.75, 3.05) is 13.7 Å². The molecule has 1 unspecified atom stereocenters. The fourth-order valence-electron chi connectivity index (χ4n) is 2.69. The minimum Gasteiger partial charge on any atom is -0.497 e. The molecule has 0 aliphatic carbocycles. The van der Waals surface area contributed by atoms with Crippen molar-refractivity contribution >= 4 is 10.9 Å². The first-order valence-corrected chi connectivity index (χ1v) is 6.19. The van der Waals surface area contributed by atoms with E-state index < -0.39 is 0 Å². The predicted octanol–water partition coefficient (Wildman–Crippen LogP) is 2.25. The van der Waals surface area contributed by atoms with E-state index in [2.05, 4.69) is 29.4 Å². The molecule has 0 spiro atoms. The molecular weight excluding hydrogens is 212 g/mol. The number of aromatic nitrogens is 1. The van der Waals surface area contributed by atoms with Crippen molar-refractivity contribution in [3.63, 3.8) is 0 Å². The van der Waals surface area contributed by atoms with E-state index in [1.807, 2.05) is 6.07 Å². The number of rotatable bonds is 1. The Hall–Kier alpha value is -1.48. The monoisotopic (exact) mass is 230 g/mol. The van der Waals surface area contributed by atoms with Crippen LogP contribution in [0, 0.1) is 0 Å². The van der Waals surface area contributed by atoms with Gasteiger partial charge < -0.3 is 15.0 Å². The molecule has 0 radical (unpaired) electrons. The zero-order valence-electron chi connectivity index (χ0n) is 10.3. The number of methoxy groups -OCH3 is 1. The summed E-state index contributed by atoms with van der Waals surface area (Å²) in [5.41, 5.74) is 4.06. The predicted molar refractivity (Wildman–Crippen MR) is 69.7 cm³/mol. The third-order valence-corrected chi connectivity index (χ3v) is 3.58. The average molecular weight is 230 g/mol. The first kappa shape index (κ1) is 10.7. The van der Waals surface area contributed by atoms with E-state index in [1.165, 1.54) is 22.2 Å². The number of H-pyrrole nitrogens is 1. The molecular formula is C14H18N2O. The Morgan fingerprint density at radius 2 is 2.24 bits per heavy atom. The van der Waals surface area contributed by atoms with Gasteiger partial charge in [-0.25, -0.2) is 0 Å². The van der Waals surface area contributed by atoms with Gasteiger partial charge in [0, 0.05) is 29.1 Å². The van der Waals surface area contributed by atoms with Crippen molar-refractivity contribution in [1.29, 1.82) is 0 Å². The average Bonchev–Trinajstić information content (AvgIpc) is 2.55. The number of hydrogen-bond donors (Lipinski definition) is 2. The molecule has 1 aliphatic heterocycles. The minimum absolute atomic E-state index is 0.547. The molecule has 1 aliphatic rings. The molecule has 2 heterocycles. The van der Waals surface area contributed by atoms with Crippen LogP contribution in [0.2, 0.25) is 0 Å². The number of hydrogen-bond acceptors (Lipinski definition) is 2. The van der Waals surface area contributed by atoms with Gasteiger partial charge >= 0.3 is 0 Å². The number of nitrogens with one attached hydrogen (secondary N) is 2. The van der Waals surface area contributed by atoms with Gasteiger partial charge in [-0.15, -0.1) is 0 Å². The molecule has 3 rings (SSSR count). The summed E-state index contributed by atoms with van der Waals surface area (Å²) in [7, 11) is 1.72. The Balaban J connectivity index is 2.15. The lowest BCUT2D eigenvalue weighted by Gasteiger charge is -2.07. The van der Waals surface area contributed by atoms with Gasteiger partial charge in [-0.05, 0) is 43.7 Å². The van der Waals surface area contributed by atoms with E-state index >= 15 is 0 Å². The van der Waals surface area contributed by atoms with Gasteiger partial charge in [0.1, 0.15) is 5.75 Å². The molecule has 1 atom stereocenters. The minimum atomic E-state index is 0.547. The zero-order chi connectivity index (χ0) is 11.8. The lowest BCUT2D eigenvalue weighted by atomic mass is 10.1. The number of fused-ring (bicyclic) bond motifs is 3. The summed E-state index contributed by atoms with van der Waals surface area (Å²) in [6.45, 7) is 3.29. The third-order valence-electron chi connectivity index (χ3n) is 3.58. The van der Waals surface area contributed by atoms with Crippen LogP contribution in [0.4, 0.5) is 0 Å². The fraction of sp³-hybridized carbons (Fsp3) is 0.429. The van der Waals surface area contributed by atoms with Crippen LogP contribution in [0.1, 0.15) is 18.2 Å². The molecule has 0 saturated heterocycles. The SMILES string of the molecule is COc1ccc2[nH]c3c(c2c1)CCNC(C)C3. The normalized spacial score (nSPS) is 20.0. The van der Waals surface area contributed by atoms with Crippen LogP contribution in [-0.4, -0.2) is 24.7 Å². The molecule has 90 valence electrons. The summed E-state index contributed by atoms with van der Waals surface area (Å²) < 4.78 is 5.31. The lowest BCUT2D eigenvalue weighted by molar-refractivity contribution is 0.415. The highest BCUT2D eigenvalue weighted by molar-refractivity contribution is 5.86. The van der Waals surface area contributed by atoms with E-state index in [9.17, 15) is 0 Å². The third kappa shape index (κ3) is 1.80. The van der Waals surface area contributed by atoms with E-state index in [0.717, 1.165) is 25.1 Å². The van der Waals surface area contributed by atoms with Gasteiger partial charge in [0.05, 0.1) is 7.11 Å². The summed E-state index contributed by atoms with van der Waals surface area (Å²) >= 11 is 0. The van der Waals surface area contributed by atoms with Gasteiger partial charge in [-0.2, -0.15) is 0 Å². The van der Waals surface area contributed by atoms with Crippen molar-refractivity contribution < 1.29 is 4.74 Å². The summed E-state index contributed by atoms with van der Waals surface area (Å²) in [5.74, 6) is 0.935. The highest BCUT2D eigenvalue weighted by Gasteiger charge is 2.17. The number of benzene rings is 1. The van der Waals surface area contributed by atoms with Crippen LogP contribution in [0.5, 0.6) is 5.75 Å². The maximum absolute atomic E-state index is 5.31. The van der Waals surface area contributed by atoms with Gasteiger partial charge in [0.25, 0.3) is 0 Å². The molecule has 2 N–H and O–H groups in total. The number of ether oxygens (including phenoxy) is 1.